The second kappa shape index (κ2) is 7.05. The summed E-state index contributed by atoms with van der Waals surface area (Å²) in [6.45, 7) is 0.852. The molecule has 5 rings (SSSR count). The Morgan fingerprint density at radius 1 is 0.923 bits per heavy atom. The Bertz CT molecular complexity index is 699. The highest BCUT2D eigenvalue weighted by Crippen LogP contribution is 2.60. The first-order chi connectivity index (χ1) is 12.4. The molecule has 0 unspecified atom stereocenters. The summed E-state index contributed by atoms with van der Waals surface area (Å²) in [5, 5.41) is 6.66. The molecule has 2 amide bonds. The summed E-state index contributed by atoms with van der Waals surface area (Å²) in [5.41, 5.74) is 0.328. The molecule has 140 valence electrons. The summed E-state index contributed by atoms with van der Waals surface area (Å²) in [4.78, 5) is 25.0. The summed E-state index contributed by atoms with van der Waals surface area (Å²) < 4.78 is 0. The molecule has 0 saturated heterocycles. The molecule has 4 saturated carbocycles. The summed E-state index contributed by atoms with van der Waals surface area (Å²) in [5.74, 6) is 2.23. The fraction of sp³-hybridized carbons (Fsp3) is 0.600. The molecular weight excluding hydrogens is 371 g/mol. The fourth-order valence-corrected chi connectivity index (χ4v) is 5.97. The highest BCUT2D eigenvalue weighted by molar-refractivity contribution is 6.42. The number of carbonyl (C=O) groups excluding carboxylic acids is 2. The van der Waals surface area contributed by atoms with E-state index < -0.39 is 0 Å². The molecule has 4 fully saturated rings. The van der Waals surface area contributed by atoms with Gasteiger partial charge < -0.3 is 10.6 Å². The lowest BCUT2D eigenvalue weighted by Crippen LogP contribution is -2.54. The summed E-state index contributed by atoms with van der Waals surface area (Å²) >= 11 is 11.8. The number of hydrogen-bond donors (Lipinski definition) is 2. The average molecular weight is 395 g/mol. The smallest absolute Gasteiger partial charge is 0.251 e. The molecule has 1 aromatic carbocycles. The monoisotopic (exact) mass is 394 g/mol. The zero-order valence-electron chi connectivity index (χ0n) is 14.7. The first-order valence-electron chi connectivity index (χ1n) is 9.47. The Morgan fingerprint density at radius 3 is 2.08 bits per heavy atom. The Kier molecular flexibility index (Phi) is 4.91. The predicted molar refractivity (Wildman–Crippen MR) is 102 cm³/mol. The Labute approximate surface area is 164 Å². The van der Waals surface area contributed by atoms with E-state index in [4.69, 9.17) is 23.2 Å². The van der Waals surface area contributed by atoms with E-state index >= 15 is 0 Å². The van der Waals surface area contributed by atoms with E-state index in [-0.39, 0.29) is 17.2 Å². The molecule has 0 spiro atoms. The molecule has 26 heavy (non-hydrogen) atoms. The normalized spacial score (nSPS) is 31.7. The minimum Gasteiger partial charge on any atom is -0.354 e. The molecule has 6 heteroatoms. The number of nitrogens with one attached hydrogen (secondary N) is 2. The van der Waals surface area contributed by atoms with Gasteiger partial charge in [-0.1, -0.05) is 23.2 Å². The van der Waals surface area contributed by atoms with Gasteiger partial charge in [0, 0.05) is 24.1 Å². The predicted octanol–water partition coefficient (Wildman–Crippen LogP) is 4.06. The maximum atomic E-state index is 12.8. The van der Waals surface area contributed by atoms with Crippen molar-refractivity contribution < 1.29 is 9.59 Å². The van der Waals surface area contributed by atoms with Crippen molar-refractivity contribution in [2.45, 2.75) is 38.5 Å². The Morgan fingerprint density at radius 2 is 1.50 bits per heavy atom. The summed E-state index contributed by atoms with van der Waals surface area (Å²) in [6.07, 6.45) is 7.14. The molecule has 4 aliphatic rings. The molecule has 4 bridgehead atoms. The number of amides is 2. The lowest BCUT2D eigenvalue weighted by Gasteiger charge is -2.55. The van der Waals surface area contributed by atoms with Crippen LogP contribution in [0, 0.1) is 23.2 Å². The molecule has 0 heterocycles. The van der Waals surface area contributed by atoms with Gasteiger partial charge in [-0.05, 0) is 74.5 Å². The van der Waals surface area contributed by atoms with E-state index in [9.17, 15) is 9.59 Å². The zero-order chi connectivity index (χ0) is 18.3. The quantitative estimate of drug-likeness (QED) is 0.739. The van der Waals surface area contributed by atoms with Crippen LogP contribution in [0.1, 0.15) is 48.9 Å². The molecule has 0 aliphatic heterocycles. The van der Waals surface area contributed by atoms with Gasteiger partial charge >= 0.3 is 0 Å². The van der Waals surface area contributed by atoms with Gasteiger partial charge in [0.1, 0.15) is 0 Å². The van der Waals surface area contributed by atoms with Crippen LogP contribution in [0.4, 0.5) is 0 Å². The Hall–Kier alpha value is -1.26. The van der Waals surface area contributed by atoms with Gasteiger partial charge in [-0.25, -0.2) is 0 Å². The molecule has 1 aromatic rings. The van der Waals surface area contributed by atoms with Crippen LogP contribution in [0.3, 0.4) is 0 Å². The van der Waals surface area contributed by atoms with Crippen molar-refractivity contribution in [2.75, 3.05) is 13.1 Å². The largest absolute Gasteiger partial charge is 0.354 e. The van der Waals surface area contributed by atoms with Crippen LogP contribution in [0.2, 0.25) is 10.0 Å². The first-order valence-corrected chi connectivity index (χ1v) is 10.2. The van der Waals surface area contributed by atoms with Gasteiger partial charge in [0.2, 0.25) is 5.91 Å². The Balaban J connectivity index is 1.26. The van der Waals surface area contributed by atoms with Gasteiger partial charge in [-0.15, -0.1) is 0 Å². The van der Waals surface area contributed by atoms with Crippen LogP contribution in [-0.4, -0.2) is 24.9 Å². The molecule has 0 aromatic heterocycles. The number of carbonyl (C=O) groups is 2. The fourth-order valence-electron chi connectivity index (χ4n) is 5.67. The van der Waals surface area contributed by atoms with Crippen molar-refractivity contribution in [3.8, 4) is 0 Å². The third-order valence-corrected chi connectivity index (χ3v) is 7.14. The van der Waals surface area contributed by atoms with Crippen molar-refractivity contribution in [2.24, 2.45) is 23.2 Å². The summed E-state index contributed by atoms with van der Waals surface area (Å²) in [6, 6.07) is 4.79. The lowest BCUT2D eigenvalue weighted by molar-refractivity contribution is -0.146. The van der Waals surface area contributed by atoms with Crippen LogP contribution in [0.25, 0.3) is 0 Å². The van der Waals surface area contributed by atoms with E-state index in [0.717, 1.165) is 37.0 Å². The number of rotatable bonds is 5. The van der Waals surface area contributed by atoms with Crippen molar-refractivity contribution >= 4 is 35.0 Å². The van der Waals surface area contributed by atoms with Gasteiger partial charge in [0.05, 0.1) is 10.0 Å². The standard InChI is InChI=1S/C20H24Cl2N2O2/c21-16-2-1-15(8-17(16)22)18(25)23-3-4-24-19(26)20-9-12-5-13(10-20)7-14(6-12)11-20/h1-2,8,12-14H,3-7,9-11H2,(H,23,25)(H,24,26). The van der Waals surface area contributed by atoms with Crippen molar-refractivity contribution in [1.29, 1.82) is 0 Å². The van der Waals surface area contributed by atoms with Crippen molar-refractivity contribution in [3.63, 3.8) is 0 Å². The minimum atomic E-state index is -0.215. The SMILES string of the molecule is O=C(NCCNC(=O)C12CC3CC(CC(C3)C1)C2)c1ccc(Cl)c(Cl)c1. The molecular formula is C20H24Cl2N2O2. The number of halogens is 2. The van der Waals surface area contributed by atoms with E-state index in [1.807, 2.05) is 0 Å². The number of benzene rings is 1. The zero-order valence-corrected chi connectivity index (χ0v) is 16.2. The van der Waals surface area contributed by atoms with Gasteiger partial charge in [0.25, 0.3) is 5.91 Å². The van der Waals surface area contributed by atoms with Crippen LogP contribution in [0.5, 0.6) is 0 Å². The van der Waals surface area contributed by atoms with E-state index in [1.54, 1.807) is 18.2 Å². The van der Waals surface area contributed by atoms with Gasteiger partial charge in [-0.2, -0.15) is 0 Å². The number of hydrogen-bond acceptors (Lipinski definition) is 2. The third-order valence-electron chi connectivity index (χ3n) is 6.40. The lowest BCUT2D eigenvalue weighted by atomic mass is 9.49. The highest BCUT2D eigenvalue weighted by Gasteiger charge is 2.54. The highest BCUT2D eigenvalue weighted by atomic mass is 35.5. The third kappa shape index (κ3) is 3.46. The molecule has 4 aliphatic carbocycles. The van der Waals surface area contributed by atoms with E-state index in [0.29, 0.717) is 28.7 Å². The van der Waals surface area contributed by atoms with Gasteiger partial charge in [-0.3, -0.25) is 9.59 Å². The molecule has 0 atom stereocenters. The minimum absolute atomic E-state index is 0.136. The van der Waals surface area contributed by atoms with Gasteiger partial charge in [0.15, 0.2) is 0 Å². The summed E-state index contributed by atoms with van der Waals surface area (Å²) in [7, 11) is 0. The second-order valence-electron chi connectivity index (χ2n) is 8.34. The maximum absolute atomic E-state index is 12.8. The van der Waals surface area contributed by atoms with Crippen LogP contribution < -0.4 is 10.6 Å². The van der Waals surface area contributed by atoms with E-state index in [1.165, 1.54) is 19.3 Å². The van der Waals surface area contributed by atoms with Crippen molar-refractivity contribution in [1.82, 2.24) is 10.6 Å². The van der Waals surface area contributed by atoms with Crippen molar-refractivity contribution in [3.05, 3.63) is 33.8 Å². The molecule has 4 nitrogen and oxygen atoms in total. The molecule has 2 N–H and O–H groups in total. The average Bonchev–Trinajstić information content (AvgIpc) is 2.59. The maximum Gasteiger partial charge on any atom is 0.251 e. The first kappa shape index (κ1) is 18.1. The van der Waals surface area contributed by atoms with Crippen LogP contribution >= 0.6 is 23.2 Å². The topological polar surface area (TPSA) is 58.2 Å². The van der Waals surface area contributed by atoms with Crippen LogP contribution in [0.15, 0.2) is 18.2 Å². The second-order valence-corrected chi connectivity index (χ2v) is 9.15. The van der Waals surface area contributed by atoms with E-state index in [2.05, 4.69) is 10.6 Å². The molecule has 0 radical (unpaired) electrons. The van der Waals surface area contributed by atoms with Crippen LogP contribution in [-0.2, 0) is 4.79 Å².